The van der Waals surface area contributed by atoms with Crippen LogP contribution in [0.4, 0.5) is 0 Å². The van der Waals surface area contributed by atoms with Crippen LogP contribution in [-0.4, -0.2) is 33.6 Å². The number of rotatable bonds is 7. The normalized spacial score (nSPS) is 13.1. The van der Waals surface area contributed by atoms with E-state index in [1.165, 1.54) is 49.5 Å². The summed E-state index contributed by atoms with van der Waals surface area (Å²) in [7, 11) is 0. The zero-order chi connectivity index (χ0) is 86.7. The van der Waals surface area contributed by atoms with E-state index in [0.29, 0.717) is 22.4 Å². The number of halogens is 1. The molecular weight excluding hydrogens is 1540 g/mol. The van der Waals surface area contributed by atoms with Crippen molar-refractivity contribution in [1.82, 2.24) is 33.6 Å². The van der Waals surface area contributed by atoms with Gasteiger partial charge in [-0.05, 0) is 216 Å². The number of hydrogen-bond donors (Lipinski definition) is 0. The SMILES string of the molecule is [2H]c1c([2H])c(-c2nc(-c3ccc4c(c3)c3cc5ccccc5cc3n4-c3ccccc3)c3ccccc3n2)c([2H])c([2H])c1Br.[2H]c1c([2H])c(-n2c3cc4ccccc4cc3c3ccc4ccccc4c32)c([2H])c([2H])c1-c1nc(-c2ccc3c(c2)c2cc4ccccc4cc2n3-c2ccccc2)c2ccccc2n1.[C+]1=Cc2ccc3c(c2C=C1)Cc1cc2ccccc2cc1-3. The molecule has 5 aromatic heterocycles. The maximum absolute atomic E-state index is 9.73. The lowest BCUT2D eigenvalue weighted by Crippen LogP contribution is -1.97. The number of para-hydroxylation sites is 4. The maximum Gasteiger partial charge on any atom is 0.160 e. The van der Waals surface area contributed by atoms with Crippen LogP contribution < -0.4 is 0 Å². The Balaban J connectivity index is 0.000000122. The fourth-order valence-electron chi connectivity index (χ4n) is 18.5. The molecule has 0 amide bonds. The zero-order valence-corrected chi connectivity index (χ0v) is 66.4. The van der Waals surface area contributed by atoms with E-state index in [9.17, 15) is 5.48 Å². The van der Waals surface area contributed by atoms with Gasteiger partial charge in [0.05, 0.1) is 83.7 Å². The van der Waals surface area contributed by atoms with Crippen molar-refractivity contribution in [3.05, 3.63) is 427 Å². The Morgan fingerprint density at radius 3 is 1.26 bits per heavy atom. The molecule has 0 spiro atoms. The van der Waals surface area contributed by atoms with Crippen LogP contribution in [0.3, 0.4) is 0 Å². The highest BCUT2D eigenvalue weighted by atomic mass is 79.9. The molecule has 0 atom stereocenters. The number of nitrogens with zero attached hydrogens (tertiary/aromatic N) is 7. The van der Waals surface area contributed by atoms with Crippen molar-refractivity contribution in [3.8, 4) is 73.5 Å². The van der Waals surface area contributed by atoms with E-state index in [1.807, 2.05) is 108 Å². The third kappa shape index (κ3) is 11.8. The van der Waals surface area contributed by atoms with Gasteiger partial charge in [-0.1, -0.05) is 252 Å². The molecule has 562 valence electrons. The van der Waals surface area contributed by atoms with Crippen molar-refractivity contribution in [2.24, 2.45) is 0 Å². The van der Waals surface area contributed by atoms with Gasteiger partial charge in [0, 0.05) is 111 Å². The van der Waals surface area contributed by atoms with E-state index < -0.39 is 0 Å². The summed E-state index contributed by atoms with van der Waals surface area (Å²) in [6.07, 6.45) is 10.5. The summed E-state index contributed by atoms with van der Waals surface area (Å²) >= 11 is 3.20. The second-order valence-corrected chi connectivity index (χ2v) is 31.8. The van der Waals surface area contributed by atoms with Crippen LogP contribution in [0.1, 0.15) is 33.2 Å². The molecule has 0 fully saturated rings. The second-order valence-electron chi connectivity index (χ2n) is 31.0. The molecular formula is C113H69BrN7+. The topological polar surface area (TPSA) is 66.3 Å². The first-order valence-electron chi connectivity index (χ1n) is 44.5. The van der Waals surface area contributed by atoms with E-state index in [-0.39, 0.29) is 81.3 Å². The molecule has 5 heterocycles. The molecule has 24 aromatic rings. The predicted molar refractivity (Wildman–Crippen MR) is 510 cm³/mol. The highest BCUT2D eigenvalue weighted by molar-refractivity contribution is 9.10. The third-order valence-corrected chi connectivity index (χ3v) is 24.4. The van der Waals surface area contributed by atoms with Crippen LogP contribution >= 0.6 is 15.9 Å². The quantitative estimate of drug-likeness (QED) is 0.149. The number of benzene rings is 19. The fourth-order valence-corrected chi connectivity index (χ4v) is 18.7. The summed E-state index contributed by atoms with van der Waals surface area (Å²) in [5.74, 6) is 0.287. The Hall–Kier alpha value is -15.6. The standard InChI is InChI=1S/C56H34N4.C36H22BrN3.C21H13/c1-2-17-42(18-3-1)59-51-29-25-41(32-48(51)49-31-38-14-5-6-15-39(38)33-52(49)59)54-46-20-10-11-21-50(46)57-56(58-54)36-22-26-43(27-23-36)60-53-34-40-16-7-4-13-37(40)30-47(53)45-28-24-35-12-8-9-19-44(35)55(45)60;37-27-17-14-23(15-18-27)36-38-32-13-7-6-12-29(32)35(39-36)26-16-19-33-30(21-26)31-20-24-8-4-5-9-25(24)22-34(31)40(33)28-10-2-1-3-11-28;1-2-7-16-12-20-17(11-15(16)6-1)13-21-18-8-4-3-5-14(18)9-10-19(20)21/h1-34H;1-22H;1-2,4-12H,13H2/q;;+1/i22D,23D,26D,27D;14D,15D,17D,18D;. The van der Waals surface area contributed by atoms with E-state index in [2.05, 4.69) is 286 Å². The van der Waals surface area contributed by atoms with Gasteiger partial charge in [-0.25, -0.2) is 19.9 Å². The van der Waals surface area contributed by atoms with Gasteiger partial charge in [-0.15, -0.1) is 0 Å². The molecule has 19 aromatic carbocycles. The molecule has 0 N–H and O–H groups in total. The predicted octanol–water partition coefficient (Wildman–Crippen LogP) is 29.8. The van der Waals surface area contributed by atoms with Gasteiger partial charge in [0.15, 0.2) is 11.6 Å². The molecule has 8 heteroatoms. The summed E-state index contributed by atoms with van der Waals surface area (Å²) in [4.78, 5) is 19.8. The Morgan fingerprint density at radius 1 is 0.298 bits per heavy atom. The van der Waals surface area contributed by atoms with E-state index in [4.69, 9.17) is 25.4 Å². The molecule has 7 nitrogen and oxygen atoms in total. The van der Waals surface area contributed by atoms with E-state index in [1.54, 1.807) is 0 Å². The lowest BCUT2D eigenvalue weighted by Gasteiger charge is -2.12. The first-order valence-corrected chi connectivity index (χ1v) is 41.3. The van der Waals surface area contributed by atoms with Gasteiger partial charge < -0.3 is 13.7 Å². The van der Waals surface area contributed by atoms with Gasteiger partial charge in [0.1, 0.15) is 12.2 Å². The van der Waals surface area contributed by atoms with Crippen molar-refractivity contribution >= 4 is 169 Å². The van der Waals surface area contributed by atoms with Gasteiger partial charge in [-0.2, -0.15) is 0 Å². The van der Waals surface area contributed by atoms with Gasteiger partial charge in [0.25, 0.3) is 0 Å². The minimum atomic E-state index is -0.207. The number of fused-ring (bicyclic) bond motifs is 22. The molecule has 0 bridgehead atoms. The molecule has 26 rings (SSSR count). The highest BCUT2D eigenvalue weighted by Crippen LogP contribution is 2.46. The van der Waals surface area contributed by atoms with Crippen molar-refractivity contribution in [3.63, 3.8) is 0 Å². The molecule has 0 aliphatic heterocycles. The maximum atomic E-state index is 9.73. The van der Waals surface area contributed by atoms with Crippen LogP contribution in [0.5, 0.6) is 0 Å². The van der Waals surface area contributed by atoms with Crippen LogP contribution in [-0.2, 0) is 6.42 Å². The van der Waals surface area contributed by atoms with Crippen LogP contribution in [0.15, 0.2) is 399 Å². The summed E-state index contributed by atoms with van der Waals surface area (Å²) in [5, 5.41) is 19.3. The third-order valence-electron chi connectivity index (χ3n) is 24.0. The smallest absolute Gasteiger partial charge is 0.160 e. The number of allylic oxidation sites excluding steroid dienone is 2. The average Bonchev–Trinajstić information content (AvgIpc) is 1.55. The van der Waals surface area contributed by atoms with Crippen molar-refractivity contribution < 1.29 is 11.0 Å². The zero-order valence-electron chi connectivity index (χ0n) is 72.8. The van der Waals surface area contributed by atoms with Crippen molar-refractivity contribution in [2.45, 2.75) is 6.42 Å². The Kier molecular flexibility index (Phi) is 14.5. The second kappa shape index (κ2) is 28.4. The first kappa shape index (κ1) is 61.8. The minimum Gasteiger partial charge on any atom is -0.309 e. The molecule has 2 aliphatic rings. The largest absolute Gasteiger partial charge is 0.309 e. The Labute approximate surface area is 716 Å². The average molecular weight is 1610 g/mol. The lowest BCUT2D eigenvalue weighted by molar-refractivity contribution is 1.18. The van der Waals surface area contributed by atoms with Crippen LogP contribution in [0.2, 0.25) is 0 Å². The van der Waals surface area contributed by atoms with Gasteiger partial charge in [0.2, 0.25) is 0 Å². The monoisotopic (exact) mass is 1610 g/mol. The molecule has 121 heavy (non-hydrogen) atoms. The molecule has 0 saturated carbocycles. The Morgan fingerprint density at radius 2 is 0.727 bits per heavy atom. The van der Waals surface area contributed by atoms with Gasteiger partial charge >= 0.3 is 0 Å². The minimum absolute atomic E-state index is 0.0510. The van der Waals surface area contributed by atoms with E-state index in [0.717, 1.165) is 143 Å². The van der Waals surface area contributed by atoms with Crippen LogP contribution in [0, 0.1) is 6.08 Å². The Bertz CT molecular complexity index is 8990. The molecule has 0 saturated heterocycles. The summed E-state index contributed by atoms with van der Waals surface area (Å²) < 4.78 is 79.4. The summed E-state index contributed by atoms with van der Waals surface area (Å²) in [6, 6.07) is 116. The molecule has 2 aliphatic carbocycles. The molecule has 0 radical (unpaired) electrons. The van der Waals surface area contributed by atoms with Gasteiger partial charge in [-0.3, -0.25) is 0 Å². The lowest BCUT2D eigenvalue weighted by atomic mass is 9.93. The number of hydrogen-bond acceptors (Lipinski definition) is 4. The fraction of sp³-hybridized carbons (Fsp3) is 0.00885. The first-order chi connectivity index (χ1) is 63.2. The molecule has 0 unspecified atom stereocenters. The van der Waals surface area contributed by atoms with Crippen LogP contribution in [0.25, 0.3) is 227 Å². The number of aromatic nitrogens is 7. The summed E-state index contributed by atoms with van der Waals surface area (Å²) in [5.41, 5.74) is 21.1. The van der Waals surface area contributed by atoms with Crippen molar-refractivity contribution in [2.75, 3.05) is 0 Å². The van der Waals surface area contributed by atoms with E-state index >= 15 is 0 Å². The van der Waals surface area contributed by atoms with Crippen molar-refractivity contribution in [1.29, 1.82) is 0 Å². The summed E-state index contributed by atoms with van der Waals surface area (Å²) in [6.45, 7) is 0. The highest BCUT2D eigenvalue weighted by Gasteiger charge is 2.28.